The molecule has 0 heterocycles. The van der Waals surface area contributed by atoms with Crippen molar-refractivity contribution in [3.8, 4) is 5.75 Å². The maximum absolute atomic E-state index is 10.9. The molecule has 1 unspecified atom stereocenters. The summed E-state index contributed by atoms with van der Waals surface area (Å²) in [7, 11) is 0. The zero-order chi connectivity index (χ0) is 9.84. The van der Waals surface area contributed by atoms with E-state index in [2.05, 4.69) is 11.2 Å². The van der Waals surface area contributed by atoms with Crippen LogP contribution >= 0.6 is 0 Å². The van der Waals surface area contributed by atoms with Crippen molar-refractivity contribution in [2.45, 2.75) is 6.04 Å². The summed E-state index contributed by atoms with van der Waals surface area (Å²) in [5, 5.41) is 8.96. The summed E-state index contributed by atoms with van der Waals surface area (Å²) < 4.78 is 4.22. The van der Waals surface area contributed by atoms with E-state index in [0.29, 0.717) is 5.56 Å². The molecule has 0 amide bonds. The molecule has 1 atom stereocenters. The molecule has 0 spiro atoms. The first-order valence-corrected chi connectivity index (χ1v) is 3.65. The molecule has 3 N–H and O–H groups in total. The van der Waals surface area contributed by atoms with Gasteiger partial charge in [0.25, 0.3) is 0 Å². The molecular weight excluding hydrogens is 170 g/mol. The second-order valence-electron chi connectivity index (χ2n) is 2.53. The van der Waals surface area contributed by atoms with Crippen LogP contribution in [-0.2, 0) is 9.22 Å². The van der Waals surface area contributed by atoms with Gasteiger partial charge in [-0.2, -0.15) is 0 Å². The molecule has 13 heavy (non-hydrogen) atoms. The van der Waals surface area contributed by atoms with E-state index in [9.17, 15) is 4.79 Å². The number of phenols is 1. The molecule has 4 nitrogen and oxygen atoms in total. The van der Waals surface area contributed by atoms with Crippen LogP contribution in [0.4, 0.5) is 0 Å². The average molecular weight is 180 g/mol. The summed E-state index contributed by atoms with van der Waals surface area (Å²) in [6.07, 6.45) is 0. The predicted octanol–water partition coefficient (Wildman–Crippen LogP) is 0.283. The Hall–Kier alpha value is -1.68. The van der Waals surface area contributed by atoms with Gasteiger partial charge in [0.05, 0.1) is 4.79 Å². The number of nitrogens with two attached hydrogens (primary N) is 1. The molecule has 0 aromatic heterocycles. The van der Waals surface area contributed by atoms with Gasteiger partial charge in [-0.05, 0) is 17.7 Å². The Balaban J connectivity index is 2.89. The van der Waals surface area contributed by atoms with Gasteiger partial charge in [-0.15, -0.1) is 0 Å². The molecule has 4 heteroatoms. The minimum Gasteiger partial charge on any atom is -0.508 e. The summed E-state index contributed by atoms with van der Waals surface area (Å²) in [6.45, 7) is 2.97. The van der Waals surface area contributed by atoms with Crippen LogP contribution < -0.4 is 5.73 Å². The Kier molecular flexibility index (Phi) is 2.76. The molecule has 0 saturated carbocycles. The van der Waals surface area contributed by atoms with Crippen LogP contribution in [0.3, 0.4) is 0 Å². The minimum absolute atomic E-state index is 0.124. The second-order valence-corrected chi connectivity index (χ2v) is 2.53. The van der Waals surface area contributed by atoms with E-state index in [4.69, 9.17) is 10.8 Å². The molecule has 68 valence electrons. The van der Waals surface area contributed by atoms with Crippen molar-refractivity contribution in [2.75, 3.05) is 0 Å². The average Bonchev–Trinajstić information content (AvgIpc) is 2.17. The molecule has 0 radical (unpaired) electrons. The largest absolute Gasteiger partial charge is 0.600 e. The van der Waals surface area contributed by atoms with E-state index in [1.165, 1.54) is 12.1 Å². The number of hydrogen-bond donors (Lipinski definition) is 2. The zero-order valence-electron chi connectivity index (χ0n) is 6.93. The molecule has 0 fully saturated rings. The Bertz CT molecular complexity index is 318. The summed E-state index contributed by atoms with van der Waals surface area (Å²) in [6, 6.07) is 5.16. The number of phenolic OH excluding ortho intramolecular Hbond substituents is 1. The maximum atomic E-state index is 10.9. The van der Waals surface area contributed by atoms with Crippen molar-refractivity contribution >= 4 is 12.8 Å². The maximum Gasteiger partial charge on any atom is 0.600 e. The number of hydrogen-bond acceptors (Lipinski definition) is 3. The molecule has 0 bridgehead atoms. The fourth-order valence-electron chi connectivity index (χ4n) is 0.908. The standard InChI is InChI=1S/C9H9NO3/c1-13-9(12)8(10)6-2-4-7(11)5-3-6/h2-5,8H,1,10H2/p+1. The molecule has 0 aliphatic heterocycles. The van der Waals surface area contributed by atoms with E-state index in [1.807, 2.05) is 0 Å². The van der Waals surface area contributed by atoms with Crippen LogP contribution in [0.1, 0.15) is 11.6 Å². The van der Waals surface area contributed by atoms with Crippen LogP contribution in [0, 0.1) is 0 Å². The fraction of sp³-hybridized carbons (Fsp3) is 0.111. The molecular formula is C9H10NO3+. The van der Waals surface area contributed by atoms with E-state index < -0.39 is 12.0 Å². The van der Waals surface area contributed by atoms with Crippen molar-refractivity contribution in [3.63, 3.8) is 0 Å². The highest BCUT2D eigenvalue weighted by atomic mass is 16.4. The lowest BCUT2D eigenvalue weighted by Gasteiger charge is -2.00. The number of carbonyl (C=O) groups is 1. The van der Waals surface area contributed by atoms with Gasteiger partial charge in [0, 0.05) is 0 Å². The third kappa shape index (κ3) is 2.13. The number of rotatable bonds is 2. The third-order valence-electron chi connectivity index (χ3n) is 1.65. The van der Waals surface area contributed by atoms with Crippen LogP contribution in [-0.4, -0.2) is 17.9 Å². The first-order chi connectivity index (χ1) is 6.15. The smallest absolute Gasteiger partial charge is 0.508 e. The molecule has 0 aliphatic carbocycles. The first kappa shape index (κ1) is 9.41. The van der Waals surface area contributed by atoms with Gasteiger partial charge in [0.2, 0.25) is 0 Å². The quantitative estimate of drug-likeness (QED) is 0.642. The molecule has 0 saturated heterocycles. The summed E-state index contributed by atoms with van der Waals surface area (Å²) >= 11 is 0. The topological polar surface area (TPSA) is 74.6 Å². The molecule has 1 aromatic carbocycles. The highest BCUT2D eigenvalue weighted by Crippen LogP contribution is 2.15. The monoisotopic (exact) mass is 180 g/mol. The molecule has 1 aromatic rings. The first-order valence-electron chi connectivity index (χ1n) is 3.65. The van der Waals surface area contributed by atoms with Crippen LogP contribution in [0.15, 0.2) is 24.3 Å². The second kappa shape index (κ2) is 3.82. The van der Waals surface area contributed by atoms with Gasteiger partial charge in [-0.25, -0.2) is 0 Å². The molecule has 0 aliphatic rings. The lowest BCUT2D eigenvalue weighted by atomic mass is 10.1. The minimum atomic E-state index is -0.849. The van der Waals surface area contributed by atoms with Crippen molar-refractivity contribution in [1.29, 1.82) is 0 Å². The Morgan fingerprint density at radius 3 is 2.46 bits per heavy atom. The highest BCUT2D eigenvalue weighted by Gasteiger charge is 2.25. The summed E-state index contributed by atoms with van der Waals surface area (Å²) in [5.74, 6) is -0.482. The SMILES string of the molecule is C=[O+]C(=O)C(N)c1ccc(O)cc1. The summed E-state index contributed by atoms with van der Waals surface area (Å²) in [5.41, 5.74) is 6.08. The lowest BCUT2D eigenvalue weighted by molar-refractivity contribution is -0.370. The predicted molar refractivity (Wildman–Crippen MR) is 47.2 cm³/mol. The third-order valence-corrected chi connectivity index (χ3v) is 1.65. The van der Waals surface area contributed by atoms with Crippen molar-refractivity contribution in [2.24, 2.45) is 5.73 Å². The van der Waals surface area contributed by atoms with Crippen LogP contribution in [0.5, 0.6) is 5.75 Å². The van der Waals surface area contributed by atoms with Gasteiger partial charge in [0.15, 0.2) is 12.8 Å². The number of aromatic hydroxyl groups is 1. The Labute approximate surface area is 75.3 Å². The Morgan fingerprint density at radius 2 is 2.00 bits per heavy atom. The Morgan fingerprint density at radius 1 is 1.46 bits per heavy atom. The van der Waals surface area contributed by atoms with Crippen molar-refractivity contribution in [1.82, 2.24) is 0 Å². The summed E-state index contributed by atoms with van der Waals surface area (Å²) in [4.78, 5) is 10.9. The number of carbonyl (C=O) groups excluding carboxylic acids is 2. The normalized spacial score (nSPS) is 12.1. The van der Waals surface area contributed by atoms with Gasteiger partial charge in [-0.3, -0.25) is 4.42 Å². The van der Waals surface area contributed by atoms with Gasteiger partial charge >= 0.3 is 5.97 Å². The zero-order valence-corrected chi connectivity index (χ0v) is 6.93. The van der Waals surface area contributed by atoms with E-state index in [0.717, 1.165) is 0 Å². The fourth-order valence-corrected chi connectivity index (χ4v) is 0.908. The van der Waals surface area contributed by atoms with E-state index in [-0.39, 0.29) is 5.75 Å². The molecule has 1 rings (SSSR count). The van der Waals surface area contributed by atoms with E-state index in [1.54, 1.807) is 12.1 Å². The van der Waals surface area contributed by atoms with Crippen molar-refractivity contribution < 1.29 is 14.3 Å². The lowest BCUT2D eigenvalue weighted by Crippen LogP contribution is -2.21. The number of benzene rings is 1. The van der Waals surface area contributed by atoms with Gasteiger partial charge in [-0.1, -0.05) is 12.1 Å². The van der Waals surface area contributed by atoms with Gasteiger partial charge < -0.3 is 10.8 Å². The van der Waals surface area contributed by atoms with Crippen molar-refractivity contribution in [3.05, 3.63) is 29.8 Å². The van der Waals surface area contributed by atoms with Crippen LogP contribution in [0.2, 0.25) is 0 Å². The van der Waals surface area contributed by atoms with Crippen LogP contribution in [0.25, 0.3) is 0 Å². The highest BCUT2D eigenvalue weighted by molar-refractivity contribution is 5.74. The van der Waals surface area contributed by atoms with E-state index >= 15 is 0 Å². The van der Waals surface area contributed by atoms with Gasteiger partial charge in [0.1, 0.15) is 5.75 Å².